The second-order valence-corrected chi connectivity index (χ2v) is 8.21. The number of para-hydroxylation sites is 1. The SMILES string of the molecule is CCOc1cc(/C=C2\SC(=O)N(c3ccccc3Cl)C2=O)ccc1OCC(C)C. The van der Waals surface area contributed by atoms with Crippen molar-refractivity contribution >= 4 is 46.3 Å². The maximum atomic E-state index is 12.8. The highest BCUT2D eigenvalue weighted by molar-refractivity contribution is 8.19. The Morgan fingerprint density at radius 2 is 1.86 bits per heavy atom. The zero-order valence-corrected chi connectivity index (χ0v) is 18.0. The number of benzene rings is 2. The van der Waals surface area contributed by atoms with Crippen LogP contribution in [-0.4, -0.2) is 24.4 Å². The highest BCUT2D eigenvalue weighted by Crippen LogP contribution is 2.39. The Hall–Kier alpha value is -2.44. The van der Waals surface area contributed by atoms with E-state index in [0.29, 0.717) is 46.2 Å². The molecule has 0 saturated carbocycles. The van der Waals surface area contributed by atoms with Gasteiger partial charge in [0.05, 0.1) is 28.8 Å². The minimum absolute atomic E-state index is 0.327. The molecule has 1 fully saturated rings. The smallest absolute Gasteiger partial charge is 0.298 e. The number of thioether (sulfide) groups is 1. The molecule has 0 aromatic heterocycles. The van der Waals surface area contributed by atoms with Gasteiger partial charge in [-0.25, -0.2) is 4.90 Å². The summed E-state index contributed by atoms with van der Waals surface area (Å²) in [5.74, 6) is 1.25. The summed E-state index contributed by atoms with van der Waals surface area (Å²) in [5.41, 5.74) is 1.13. The summed E-state index contributed by atoms with van der Waals surface area (Å²) in [7, 11) is 0. The van der Waals surface area contributed by atoms with Gasteiger partial charge < -0.3 is 9.47 Å². The molecule has 0 atom stereocenters. The molecule has 0 aliphatic carbocycles. The lowest BCUT2D eigenvalue weighted by atomic mass is 10.1. The number of halogens is 1. The van der Waals surface area contributed by atoms with Crippen molar-refractivity contribution in [2.45, 2.75) is 20.8 Å². The van der Waals surface area contributed by atoms with Crippen LogP contribution in [0.25, 0.3) is 6.08 Å². The van der Waals surface area contributed by atoms with Gasteiger partial charge in [-0.1, -0.05) is 43.6 Å². The number of hydrogen-bond donors (Lipinski definition) is 0. The van der Waals surface area contributed by atoms with Gasteiger partial charge in [-0.15, -0.1) is 0 Å². The lowest BCUT2D eigenvalue weighted by Gasteiger charge is -2.14. The van der Waals surface area contributed by atoms with Gasteiger partial charge in [-0.05, 0) is 60.5 Å². The number of imide groups is 1. The van der Waals surface area contributed by atoms with Crippen LogP contribution < -0.4 is 14.4 Å². The van der Waals surface area contributed by atoms with Gasteiger partial charge in [0.1, 0.15) is 0 Å². The first-order chi connectivity index (χ1) is 13.9. The summed E-state index contributed by atoms with van der Waals surface area (Å²) in [6.45, 7) is 7.11. The number of anilines is 1. The topological polar surface area (TPSA) is 55.8 Å². The Labute approximate surface area is 179 Å². The minimum atomic E-state index is -0.397. The molecule has 2 aromatic rings. The molecule has 152 valence electrons. The number of hydrogen-bond acceptors (Lipinski definition) is 5. The predicted molar refractivity (Wildman–Crippen MR) is 118 cm³/mol. The molecule has 0 N–H and O–H groups in total. The Balaban J connectivity index is 1.88. The van der Waals surface area contributed by atoms with Crippen LogP contribution in [0.4, 0.5) is 10.5 Å². The van der Waals surface area contributed by atoms with Crippen LogP contribution in [-0.2, 0) is 4.79 Å². The van der Waals surface area contributed by atoms with Gasteiger partial charge in [0.15, 0.2) is 11.5 Å². The number of nitrogens with zero attached hydrogens (tertiary/aromatic N) is 1. The van der Waals surface area contributed by atoms with E-state index in [1.807, 2.05) is 25.1 Å². The van der Waals surface area contributed by atoms with E-state index in [1.165, 1.54) is 0 Å². The van der Waals surface area contributed by atoms with E-state index in [2.05, 4.69) is 13.8 Å². The van der Waals surface area contributed by atoms with Gasteiger partial charge in [0.2, 0.25) is 0 Å². The first kappa shape index (κ1) is 21.3. The normalized spacial score (nSPS) is 15.5. The van der Waals surface area contributed by atoms with Gasteiger partial charge in [0, 0.05) is 0 Å². The monoisotopic (exact) mass is 431 g/mol. The first-order valence-electron chi connectivity index (χ1n) is 9.32. The fraction of sp³-hybridized carbons (Fsp3) is 0.273. The highest BCUT2D eigenvalue weighted by atomic mass is 35.5. The summed E-state index contributed by atoms with van der Waals surface area (Å²) in [6, 6.07) is 12.2. The molecule has 0 radical (unpaired) electrons. The van der Waals surface area contributed by atoms with E-state index in [4.69, 9.17) is 21.1 Å². The molecule has 1 saturated heterocycles. The molecule has 1 aliphatic heterocycles. The molecule has 0 unspecified atom stereocenters. The third kappa shape index (κ3) is 4.95. The summed E-state index contributed by atoms with van der Waals surface area (Å²) in [4.78, 5) is 26.7. The molecule has 0 spiro atoms. The average molecular weight is 432 g/mol. The van der Waals surface area contributed by atoms with E-state index in [0.717, 1.165) is 22.2 Å². The summed E-state index contributed by atoms with van der Waals surface area (Å²) in [5, 5.41) is -0.0300. The van der Waals surface area contributed by atoms with Crippen molar-refractivity contribution in [2.75, 3.05) is 18.1 Å². The van der Waals surface area contributed by atoms with E-state index in [9.17, 15) is 9.59 Å². The molecule has 1 aliphatic rings. The van der Waals surface area contributed by atoms with E-state index >= 15 is 0 Å². The fourth-order valence-corrected chi connectivity index (χ4v) is 3.77. The summed E-state index contributed by atoms with van der Waals surface area (Å²) >= 11 is 7.05. The molecule has 7 heteroatoms. The van der Waals surface area contributed by atoms with Crippen LogP contribution in [0, 0.1) is 5.92 Å². The summed E-state index contributed by atoms with van der Waals surface area (Å²) < 4.78 is 11.5. The van der Waals surface area contributed by atoms with Gasteiger partial charge in [-0.2, -0.15) is 0 Å². The third-order valence-electron chi connectivity index (χ3n) is 4.02. The number of carbonyl (C=O) groups is 2. The quantitative estimate of drug-likeness (QED) is 0.502. The summed E-state index contributed by atoms with van der Waals surface area (Å²) in [6.07, 6.45) is 1.68. The minimum Gasteiger partial charge on any atom is -0.490 e. The lowest BCUT2D eigenvalue weighted by Crippen LogP contribution is -2.27. The number of carbonyl (C=O) groups excluding carboxylic acids is 2. The zero-order chi connectivity index (χ0) is 21.0. The maximum Gasteiger partial charge on any atom is 0.298 e. The van der Waals surface area contributed by atoms with Crippen molar-refractivity contribution < 1.29 is 19.1 Å². The van der Waals surface area contributed by atoms with Crippen molar-refractivity contribution in [2.24, 2.45) is 5.92 Å². The standard InChI is InChI=1S/C22H22ClNO4S/c1-4-27-19-11-15(9-10-18(19)28-13-14(2)3)12-20-21(25)24(22(26)29-20)17-8-6-5-7-16(17)23/h5-12,14H,4,13H2,1-3H3/b20-12-. The van der Waals surface area contributed by atoms with E-state index in [1.54, 1.807) is 30.3 Å². The number of amides is 2. The van der Waals surface area contributed by atoms with Crippen molar-refractivity contribution in [3.8, 4) is 11.5 Å². The van der Waals surface area contributed by atoms with Crippen molar-refractivity contribution in [3.05, 3.63) is 58.0 Å². The van der Waals surface area contributed by atoms with Crippen molar-refractivity contribution in [1.29, 1.82) is 0 Å². The molecule has 29 heavy (non-hydrogen) atoms. The van der Waals surface area contributed by atoms with Crippen molar-refractivity contribution in [1.82, 2.24) is 0 Å². The van der Waals surface area contributed by atoms with Crippen LogP contribution >= 0.6 is 23.4 Å². The molecule has 1 heterocycles. The van der Waals surface area contributed by atoms with Crippen LogP contribution in [0.1, 0.15) is 26.3 Å². The molecular weight excluding hydrogens is 410 g/mol. The molecule has 0 bridgehead atoms. The van der Waals surface area contributed by atoms with Crippen LogP contribution in [0.2, 0.25) is 5.02 Å². The fourth-order valence-electron chi connectivity index (χ4n) is 2.72. The first-order valence-corrected chi connectivity index (χ1v) is 10.5. The predicted octanol–water partition coefficient (Wildman–Crippen LogP) is 6.01. The second kappa shape index (κ2) is 9.37. The number of rotatable bonds is 7. The largest absolute Gasteiger partial charge is 0.490 e. The Morgan fingerprint density at radius 3 is 2.55 bits per heavy atom. The molecule has 5 nitrogen and oxygen atoms in total. The van der Waals surface area contributed by atoms with Crippen molar-refractivity contribution in [3.63, 3.8) is 0 Å². The van der Waals surface area contributed by atoms with Crippen LogP contribution in [0.3, 0.4) is 0 Å². The molecule has 2 aromatic carbocycles. The van der Waals surface area contributed by atoms with E-state index < -0.39 is 5.91 Å². The molecule has 3 rings (SSSR count). The molecular formula is C22H22ClNO4S. The van der Waals surface area contributed by atoms with Crippen LogP contribution in [0.15, 0.2) is 47.4 Å². The second-order valence-electron chi connectivity index (χ2n) is 6.81. The third-order valence-corrected chi connectivity index (χ3v) is 5.21. The Morgan fingerprint density at radius 1 is 1.10 bits per heavy atom. The highest BCUT2D eigenvalue weighted by Gasteiger charge is 2.37. The average Bonchev–Trinajstić information content (AvgIpc) is 2.95. The maximum absolute atomic E-state index is 12.8. The zero-order valence-electron chi connectivity index (χ0n) is 16.5. The van der Waals surface area contributed by atoms with Gasteiger partial charge in [-0.3, -0.25) is 9.59 Å². The molecule has 2 amide bonds. The van der Waals surface area contributed by atoms with Gasteiger partial charge >= 0.3 is 0 Å². The number of ether oxygens (including phenoxy) is 2. The van der Waals surface area contributed by atoms with Gasteiger partial charge in [0.25, 0.3) is 11.1 Å². The lowest BCUT2D eigenvalue weighted by molar-refractivity contribution is -0.113. The Kier molecular flexibility index (Phi) is 6.87. The van der Waals surface area contributed by atoms with Crippen LogP contribution in [0.5, 0.6) is 11.5 Å². The Bertz CT molecular complexity index is 958. The van der Waals surface area contributed by atoms with E-state index in [-0.39, 0.29) is 5.24 Å².